The van der Waals surface area contributed by atoms with E-state index in [1.807, 2.05) is 0 Å². The first-order valence-corrected chi connectivity index (χ1v) is 13.7. The average molecular weight is 470 g/mol. The fourth-order valence-electron chi connectivity index (χ4n) is 1.82. The first-order chi connectivity index (χ1) is 7.83. The molecule has 0 amide bonds. The zero-order valence-corrected chi connectivity index (χ0v) is 15.8. The van der Waals surface area contributed by atoms with Crippen molar-refractivity contribution < 1.29 is 0 Å². The van der Waals surface area contributed by atoms with Crippen molar-refractivity contribution in [3.05, 3.63) is 22.0 Å². The van der Waals surface area contributed by atoms with Crippen LogP contribution in [0.2, 0.25) is 11.6 Å². The van der Waals surface area contributed by atoms with E-state index in [4.69, 9.17) is 0 Å². The Labute approximate surface area is 120 Å². The quantitative estimate of drug-likeness (QED) is 0.488. The van der Waals surface area contributed by atoms with E-state index in [1.54, 1.807) is 28.2 Å². The van der Waals surface area contributed by atoms with Crippen LogP contribution in [-0.4, -0.2) is 58.9 Å². The summed E-state index contributed by atoms with van der Waals surface area (Å²) in [5.41, 5.74) is 0. The van der Waals surface area contributed by atoms with Crippen LogP contribution in [0.1, 0.15) is 0 Å². The van der Waals surface area contributed by atoms with Gasteiger partial charge in [-0.15, -0.1) is 0 Å². The van der Waals surface area contributed by atoms with Crippen molar-refractivity contribution >= 4 is 87.1 Å². The molecule has 0 unspecified atom stereocenters. The van der Waals surface area contributed by atoms with E-state index in [-0.39, 0.29) is 0 Å². The molecule has 2 aromatic heterocycles. The molecule has 0 N–H and O–H groups in total. The van der Waals surface area contributed by atoms with Crippen molar-refractivity contribution in [1.29, 1.82) is 0 Å². The second kappa shape index (κ2) is 4.81. The molecule has 0 aliphatic carbocycles. The third-order valence-electron chi connectivity index (χ3n) is 2.64. The van der Waals surface area contributed by atoms with E-state index in [0.717, 1.165) is 0 Å². The maximum atomic E-state index is 2.51. The minimum absolute atomic E-state index is 0.610. The van der Waals surface area contributed by atoms with Gasteiger partial charge in [0.25, 0.3) is 0 Å². The summed E-state index contributed by atoms with van der Waals surface area (Å²) >= 11 is 2.55. The normalized spacial score (nSPS) is 11.6. The molecule has 0 aliphatic rings. The van der Waals surface area contributed by atoms with Gasteiger partial charge in [-0.2, -0.15) is 0 Å². The second-order valence-corrected chi connectivity index (χ2v) is 10.8. The predicted octanol–water partition coefficient (Wildman–Crippen LogP) is 0.862. The monoisotopic (exact) mass is 474 g/mol. The number of hydrogen-bond acceptors (Lipinski definition) is 0. The topological polar surface area (TPSA) is 0 Å². The molecule has 0 radical (unpaired) electrons. The number of fused-ring (bicyclic) bond motifs is 2. The van der Waals surface area contributed by atoms with Crippen molar-refractivity contribution in [3.63, 3.8) is 0 Å². The Morgan fingerprint density at radius 2 is 1.25 bits per heavy atom. The van der Waals surface area contributed by atoms with E-state index < -0.39 is 0 Å². The van der Waals surface area contributed by atoms with Gasteiger partial charge in [0.05, 0.1) is 0 Å². The number of rotatable bonds is 2. The van der Waals surface area contributed by atoms with Gasteiger partial charge in [0.1, 0.15) is 0 Å². The molecule has 82 valence electrons. The fourth-order valence-corrected chi connectivity index (χ4v) is 11.2. The second-order valence-electron chi connectivity index (χ2n) is 3.45. The van der Waals surface area contributed by atoms with Gasteiger partial charge in [-0.05, 0) is 0 Å². The third kappa shape index (κ3) is 1.87. The Bertz CT molecular complexity index is 589. The van der Waals surface area contributed by atoms with Crippen LogP contribution in [0, 0.1) is 0 Å². The Hall–Kier alpha value is 0.778. The van der Waals surface area contributed by atoms with Crippen LogP contribution in [0.15, 0.2) is 22.0 Å². The summed E-state index contributed by atoms with van der Waals surface area (Å²) in [6.07, 6.45) is 0. The summed E-state index contributed by atoms with van der Waals surface area (Å²) in [4.78, 5) is 5.00. The molecule has 4 heteroatoms. The summed E-state index contributed by atoms with van der Waals surface area (Å²) in [6, 6.07) is 5.01. The fraction of sp³-hybridized carbons (Fsp3) is 0.167. The average Bonchev–Trinajstić information content (AvgIpc) is 2.88. The van der Waals surface area contributed by atoms with E-state index >= 15 is 0 Å². The molecule has 2 heterocycles. The molecule has 0 nitrogen and oxygen atoms in total. The predicted molar refractivity (Wildman–Crippen MR) is 77.8 cm³/mol. The van der Waals surface area contributed by atoms with E-state index in [1.165, 1.54) is 0 Å². The Morgan fingerprint density at radius 3 is 1.62 bits per heavy atom. The first kappa shape index (κ1) is 11.8. The van der Waals surface area contributed by atoms with Crippen molar-refractivity contribution in [3.8, 4) is 0 Å². The van der Waals surface area contributed by atoms with Gasteiger partial charge < -0.3 is 0 Å². The zero-order valence-electron chi connectivity index (χ0n) is 8.94. The molecule has 3 rings (SSSR count). The molecule has 3 aromatic rings. The molecule has 0 spiro atoms. The molecule has 0 atom stereocenters. The molecule has 0 saturated heterocycles. The summed E-state index contributed by atoms with van der Waals surface area (Å²) in [6.45, 7) is 0. The van der Waals surface area contributed by atoms with Gasteiger partial charge in [0.15, 0.2) is 0 Å². The van der Waals surface area contributed by atoms with Crippen LogP contribution < -0.4 is 8.92 Å². The molecular formula is C12H10Se4. The molecule has 0 bridgehead atoms. The van der Waals surface area contributed by atoms with Gasteiger partial charge in [-0.25, -0.2) is 0 Å². The van der Waals surface area contributed by atoms with Gasteiger partial charge in [-0.3, -0.25) is 0 Å². The summed E-state index contributed by atoms with van der Waals surface area (Å²) in [5.74, 6) is 4.67. The third-order valence-corrected chi connectivity index (χ3v) is 11.4. The van der Waals surface area contributed by atoms with Crippen molar-refractivity contribution in [2.24, 2.45) is 0 Å². The Morgan fingerprint density at radius 1 is 0.812 bits per heavy atom. The molecule has 0 fully saturated rings. The van der Waals surface area contributed by atoms with Gasteiger partial charge in [0, 0.05) is 0 Å². The van der Waals surface area contributed by atoms with E-state index in [2.05, 4.69) is 33.7 Å². The molecule has 1 aromatic carbocycles. The summed E-state index contributed by atoms with van der Waals surface area (Å²) < 4.78 is 6.57. The van der Waals surface area contributed by atoms with Crippen molar-refractivity contribution in [2.75, 3.05) is 0 Å². The van der Waals surface area contributed by atoms with E-state index in [0.29, 0.717) is 58.9 Å². The van der Waals surface area contributed by atoms with Crippen molar-refractivity contribution in [1.82, 2.24) is 0 Å². The van der Waals surface area contributed by atoms with Crippen LogP contribution in [0.5, 0.6) is 0 Å². The Kier molecular flexibility index (Phi) is 3.56. The number of hydrogen-bond donors (Lipinski definition) is 0. The van der Waals surface area contributed by atoms with Crippen LogP contribution >= 0.6 is 0 Å². The molecule has 16 heavy (non-hydrogen) atoms. The maximum absolute atomic E-state index is 2.51. The summed E-state index contributed by atoms with van der Waals surface area (Å²) in [5, 5.41) is 3.20. The van der Waals surface area contributed by atoms with Crippen molar-refractivity contribution in [2.45, 2.75) is 11.6 Å². The minimum atomic E-state index is 0.610. The summed E-state index contributed by atoms with van der Waals surface area (Å²) in [7, 11) is 0. The molecule has 0 aliphatic heterocycles. The zero-order chi connectivity index (χ0) is 11.1. The van der Waals surface area contributed by atoms with Crippen LogP contribution in [0.4, 0.5) is 0 Å². The van der Waals surface area contributed by atoms with Gasteiger partial charge in [-0.1, -0.05) is 0 Å². The van der Waals surface area contributed by atoms with Crippen LogP contribution in [-0.2, 0) is 0 Å². The standard InChI is InChI=1S/C12H10Se4/c1-13-11-5-15-9-4-8-10(3-7(9)11)16-6-12(8)14-2/h3-6H,1-2H3. The Balaban J connectivity index is 2.38. The first-order valence-electron chi connectivity index (χ1n) is 4.84. The van der Waals surface area contributed by atoms with E-state index in [9.17, 15) is 0 Å². The van der Waals surface area contributed by atoms with Gasteiger partial charge >= 0.3 is 121 Å². The number of benzene rings is 1. The molecule has 0 saturated carbocycles. The van der Waals surface area contributed by atoms with Crippen LogP contribution in [0.3, 0.4) is 0 Å². The SMILES string of the molecule is C[Se]c1c[se]c2cc3c([Se]C)c[se]c3cc12. The van der Waals surface area contributed by atoms with Gasteiger partial charge in [0.2, 0.25) is 0 Å². The molecular weight excluding hydrogens is 460 g/mol. The van der Waals surface area contributed by atoms with Crippen LogP contribution in [0.25, 0.3) is 19.3 Å².